The lowest BCUT2D eigenvalue weighted by molar-refractivity contribution is 1.63. The molecule has 54 valence electrons. The van der Waals surface area contributed by atoms with Crippen molar-refractivity contribution in [1.29, 1.82) is 0 Å². The third-order valence-electron chi connectivity index (χ3n) is 1.77. The summed E-state index contributed by atoms with van der Waals surface area (Å²) in [6.07, 6.45) is 0. The molecule has 11 heavy (non-hydrogen) atoms. The van der Waals surface area contributed by atoms with Gasteiger partial charge in [0.05, 0.1) is 0 Å². The summed E-state index contributed by atoms with van der Waals surface area (Å²) in [6, 6.07) is 10.7. The van der Waals surface area contributed by atoms with Crippen molar-refractivity contribution in [3.8, 4) is 0 Å². The SMILES string of the molecule is Cc1cc2ccccc2cp1. The van der Waals surface area contributed by atoms with Gasteiger partial charge in [-0.05, 0) is 34.9 Å². The molecular formula is C10H9P. The van der Waals surface area contributed by atoms with Gasteiger partial charge in [0.1, 0.15) is 0 Å². The molecule has 0 fully saturated rings. The third-order valence-corrected chi connectivity index (χ3v) is 2.71. The van der Waals surface area contributed by atoms with E-state index in [0.29, 0.717) is 0 Å². The van der Waals surface area contributed by atoms with Gasteiger partial charge in [0, 0.05) is 0 Å². The molecule has 0 atom stereocenters. The number of fused-ring (bicyclic) bond motifs is 1. The molecule has 0 saturated carbocycles. The first kappa shape index (κ1) is 6.82. The maximum Gasteiger partial charge on any atom is -0.0138 e. The molecule has 0 unspecified atom stereocenters. The molecule has 1 aromatic heterocycles. The quantitative estimate of drug-likeness (QED) is 0.550. The van der Waals surface area contributed by atoms with E-state index >= 15 is 0 Å². The Hall–Kier alpha value is -0.870. The molecule has 0 amide bonds. The zero-order valence-corrected chi connectivity index (χ0v) is 7.31. The average molecular weight is 160 g/mol. The topological polar surface area (TPSA) is 0 Å². The van der Waals surface area contributed by atoms with Gasteiger partial charge in [0.15, 0.2) is 0 Å². The van der Waals surface area contributed by atoms with Crippen LogP contribution in [0.2, 0.25) is 0 Å². The summed E-state index contributed by atoms with van der Waals surface area (Å²) in [5.41, 5.74) is 0. The minimum atomic E-state index is 1.34. The molecule has 0 nitrogen and oxygen atoms in total. The van der Waals surface area contributed by atoms with E-state index in [1.807, 2.05) is 0 Å². The zero-order valence-electron chi connectivity index (χ0n) is 6.41. The summed E-state index contributed by atoms with van der Waals surface area (Å²) >= 11 is 0. The van der Waals surface area contributed by atoms with E-state index in [9.17, 15) is 0 Å². The van der Waals surface area contributed by atoms with E-state index in [-0.39, 0.29) is 0 Å². The molecule has 0 radical (unpaired) electrons. The third kappa shape index (κ3) is 1.27. The van der Waals surface area contributed by atoms with Crippen molar-refractivity contribution in [1.82, 2.24) is 0 Å². The van der Waals surface area contributed by atoms with Crippen LogP contribution in [-0.2, 0) is 0 Å². The molecule has 2 rings (SSSR count). The van der Waals surface area contributed by atoms with Crippen molar-refractivity contribution >= 4 is 19.0 Å². The fraction of sp³-hybridized carbons (Fsp3) is 0.100. The molecule has 0 bridgehead atoms. The normalized spacial score (nSPS) is 11.0. The summed E-state index contributed by atoms with van der Waals surface area (Å²) in [5, 5.41) is 4.13. The zero-order chi connectivity index (χ0) is 7.68. The molecule has 1 heteroatoms. The Balaban J connectivity index is 2.83. The van der Waals surface area contributed by atoms with Gasteiger partial charge in [-0.1, -0.05) is 32.5 Å². The molecule has 1 aromatic carbocycles. The van der Waals surface area contributed by atoms with Crippen LogP contribution >= 0.6 is 8.19 Å². The van der Waals surface area contributed by atoms with Gasteiger partial charge in [0.2, 0.25) is 0 Å². The second kappa shape index (κ2) is 2.64. The molecule has 2 aromatic rings. The summed E-state index contributed by atoms with van der Waals surface area (Å²) in [6.45, 7) is 2.16. The first-order valence-corrected chi connectivity index (χ1v) is 4.64. The van der Waals surface area contributed by atoms with Gasteiger partial charge in [0.25, 0.3) is 0 Å². The molecule has 0 aliphatic carbocycles. The summed E-state index contributed by atoms with van der Waals surface area (Å²) in [7, 11) is 1.34. The Morgan fingerprint density at radius 3 is 2.64 bits per heavy atom. The van der Waals surface area contributed by atoms with Crippen LogP contribution in [0, 0.1) is 6.92 Å². The van der Waals surface area contributed by atoms with Crippen molar-refractivity contribution in [3.05, 3.63) is 41.4 Å². The maximum atomic E-state index is 2.25. The van der Waals surface area contributed by atoms with E-state index < -0.39 is 0 Å². The van der Waals surface area contributed by atoms with Gasteiger partial charge >= 0.3 is 0 Å². The lowest BCUT2D eigenvalue weighted by Crippen LogP contribution is -1.68. The van der Waals surface area contributed by atoms with E-state index in [0.717, 1.165) is 0 Å². The van der Waals surface area contributed by atoms with Crippen LogP contribution in [0.3, 0.4) is 0 Å². The monoisotopic (exact) mass is 160 g/mol. The van der Waals surface area contributed by atoms with Crippen LogP contribution in [0.15, 0.2) is 36.1 Å². The van der Waals surface area contributed by atoms with Crippen LogP contribution in [-0.4, -0.2) is 0 Å². The Kier molecular flexibility index (Phi) is 1.63. The predicted octanol–water partition coefficient (Wildman–Crippen LogP) is 3.73. The molecule has 0 saturated heterocycles. The van der Waals surface area contributed by atoms with Crippen molar-refractivity contribution in [2.24, 2.45) is 0 Å². The van der Waals surface area contributed by atoms with E-state index in [2.05, 4.69) is 43.1 Å². The molecule has 0 N–H and O–H groups in total. The standard InChI is InChI=1S/C10H9P/c1-8-6-9-4-2-3-5-10(9)7-11-8/h2-7H,1H3. The Morgan fingerprint density at radius 1 is 1.09 bits per heavy atom. The highest BCUT2D eigenvalue weighted by Gasteiger charge is 1.90. The summed E-state index contributed by atoms with van der Waals surface area (Å²) in [5.74, 6) is 2.25. The van der Waals surface area contributed by atoms with Crippen molar-refractivity contribution in [3.63, 3.8) is 0 Å². The van der Waals surface area contributed by atoms with Gasteiger partial charge in [-0.2, -0.15) is 0 Å². The molecular weight excluding hydrogens is 151 g/mol. The second-order valence-electron chi connectivity index (χ2n) is 2.67. The first-order valence-electron chi connectivity index (χ1n) is 3.68. The highest BCUT2D eigenvalue weighted by Crippen LogP contribution is 2.21. The summed E-state index contributed by atoms with van der Waals surface area (Å²) < 4.78 is 0. The van der Waals surface area contributed by atoms with E-state index in [4.69, 9.17) is 0 Å². The van der Waals surface area contributed by atoms with Gasteiger partial charge in [-0.15, -0.1) is 0 Å². The molecule has 1 heterocycles. The van der Waals surface area contributed by atoms with Gasteiger partial charge in [-0.3, -0.25) is 0 Å². The largest absolute Gasteiger partial charge is 0.0726 e. The molecule has 0 spiro atoms. The number of benzene rings is 1. The van der Waals surface area contributed by atoms with Crippen molar-refractivity contribution in [2.75, 3.05) is 0 Å². The van der Waals surface area contributed by atoms with Gasteiger partial charge in [-0.25, -0.2) is 0 Å². The van der Waals surface area contributed by atoms with Crippen LogP contribution in [0.4, 0.5) is 0 Å². The van der Waals surface area contributed by atoms with Crippen molar-refractivity contribution < 1.29 is 0 Å². The Morgan fingerprint density at radius 2 is 1.82 bits per heavy atom. The number of hydrogen-bond acceptors (Lipinski definition) is 0. The van der Waals surface area contributed by atoms with E-state index in [1.54, 1.807) is 0 Å². The highest BCUT2D eigenvalue weighted by molar-refractivity contribution is 7.30. The maximum absolute atomic E-state index is 2.25. The second-order valence-corrected chi connectivity index (χ2v) is 3.89. The smallest absolute Gasteiger partial charge is 0.0138 e. The fourth-order valence-corrected chi connectivity index (χ4v) is 1.99. The van der Waals surface area contributed by atoms with Crippen LogP contribution < -0.4 is 0 Å². The summed E-state index contributed by atoms with van der Waals surface area (Å²) in [4.78, 5) is 0. The van der Waals surface area contributed by atoms with Gasteiger partial charge < -0.3 is 0 Å². The lowest BCUT2D eigenvalue weighted by Gasteiger charge is -1.96. The van der Waals surface area contributed by atoms with Crippen LogP contribution in [0.1, 0.15) is 5.30 Å². The number of hydrogen-bond donors (Lipinski definition) is 0. The van der Waals surface area contributed by atoms with E-state index in [1.165, 1.54) is 24.3 Å². The number of aryl methyl sites for hydroxylation is 1. The molecule has 0 aliphatic heterocycles. The minimum absolute atomic E-state index is 1.34. The molecule has 0 aliphatic rings. The lowest BCUT2D eigenvalue weighted by atomic mass is 10.2. The Bertz CT molecular complexity index is 379. The first-order chi connectivity index (χ1) is 5.36. The predicted molar refractivity (Wildman–Crippen MR) is 51.2 cm³/mol. The van der Waals surface area contributed by atoms with Crippen molar-refractivity contribution in [2.45, 2.75) is 6.92 Å². The average Bonchev–Trinajstić information content (AvgIpc) is 2.04. The highest BCUT2D eigenvalue weighted by atomic mass is 31.0. The van der Waals surface area contributed by atoms with Crippen LogP contribution in [0.25, 0.3) is 10.8 Å². The minimum Gasteiger partial charge on any atom is -0.0726 e. The van der Waals surface area contributed by atoms with Crippen LogP contribution in [0.5, 0.6) is 0 Å². The number of rotatable bonds is 0. The fourth-order valence-electron chi connectivity index (χ4n) is 1.19. The Labute approximate surface area is 68.0 Å².